The summed E-state index contributed by atoms with van der Waals surface area (Å²) in [6.45, 7) is 5.51. The third-order valence-corrected chi connectivity index (χ3v) is 4.03. The van der Waals surface area contributed by atoms with Crippen LogP contribution in [0, 0.1) is 11.3 Å². The third kappa shape index (κ3) is 3.12. The quantitative estimate of drug-likeness (QED) is 0.756. The summed E-state index contributed by atoms with van der Waals surface area (Å²) in [5.41, 5.74) is 0.560. The fraction of sp³-hybridized carbons (Fsp3) is 0.533. The van der Waals surface area contributed by atoms with Crippen LogP contribution in [0.15, 0.2) is 18.3 Å². The highest BCUT2D eigenvalue weighted by Gasteiger charge is 2.26. The Morgan fingerprint density at radius 3 is 2.36 bits per heavy atom. The number of ether oxygens (including phenoxy) is 1. The van der Waals surface area contributed by atoms with E-state index in [9.17, 15) is 4.79 Å². The zero-order valence-corrected chi connectivity index (χ0v) is 12.4. The van der Waals surface area contributed by atoms with Gasteiger partial charge in [-0.05, 0) is 12.1 Å². The number of carbonyl (C=O) groups excluding carboxylic acids is 1. The van der Waals surface area contributed by atoms with Gasteiger partial charge in [-0.1, -0.05) is 0 Å². The summed E-state index contributed by atoms with van der Waals surface area (Å²) in [6.07, 6.45) is 1.58. The smallest absolute Gasteiger partial charge is 0.320 e. The largest absolute Gasteiger partial charge is 0.378 e. The maximum absolute atomic E-state index is 12.4. The molecule has 2 fully saturated rings. The van der Waals surface area contributed by atoms with Gasteiger partial charge < -0.3 is 19.4 Å². The number of aromatic nitrogens is 1. The van der Waals surface area contributed by atoms with E-state index in [4.69, 9.17) is 10.00 Å². The lowest BCUT2D eigenvalue weighted by molar-refractivity contribution is 0.0428. The number of rotatable bonds is 1. The number of piperazine rings is 1. The number of carbonyl (C=O) groups is 1. The van der Waals surface area contributed by atoms with Crippen LogP contribution in [-0.2, 0) is 4.74 Å². The summed E-state index contributed by atoms with van der Waals surface area (Å²) in [7, 11) is 0. The molecule has 2 aliphatic heterocycles. The molecule has 0 spiro atoms. The Kier molecular flexibility index (Phi) is 4.39. The topological polar surface area (TPSA) is 72.7 Å². The van der Waals surface area contributed by atoms with Gasteiger partial charge >= 0.3 is 6.03 Å². The maximum atomic E-state index is 12.4. The predicted octanol–water partition coefficient (Wildman–Crippen LogP) is 0.527. The molecule has 0 bridgehead atoms. The van der Waals surface area contributed by atoms with E-state index < -0.39 is 0 Å². The summed E-state index contributed by atoms with van der Waals surface area (Å²) < 4.78 is 5.28. The Bertz CT molecular complexity index is 554. The fourth-order valence-electron chi connectivity index (χ4n) is 2.72. The summed E-state index contributed by atoms with van der Waals surface area (Å²) in [4.78, 5) is 22.6. The first-order valence-electron chi connectivity index (χ1n) is 7.50. The van der Waals surface area contributed by atoms with Crippen LogP contribution in [0.1, 0.15) is 5.56 Å². The molecular formula is C15H19N5O2. The molecule has 7 heteroatoms. The first-order chi connectivity index (χ1) is 10.8. The monoisotopic (exact) mass is 301 g/mol. The van der Waals surface area contributed by atoms with E-state index in [2.05, 4.69) is 16.0 Å². The van der Waals surface area contributed by atoms with E-state index in [1.54, 1.807) is 12.3 Å². The first kappa shape index (κ1) is 14.6. The number of anilines is 1. The van der Waals surface area contributed by atoms with Crippen molar-refractivity contribution >= 4 is 11.8 Å². The van der Waals surface area contributed by atoms with Crippen molar-refractivity contribution in [1.82, 2.24) is 14.8 Å². The minimum Gasteiger partial charge on any atom is -0.378 e. The predicted molar refractivity (Wildman–Crippen MR) is 80.5 cm³/mol. The number of nitrogens with zero attached hydrogens (tertiary/aromatic N) is 5. The summed E-state index contributed by atoms with van der Waals surface area (Å²) in [5, 5.41) is 8.80. The highest BCUT2D eigenvalue weighted by molar-refractivity contribution is 5.75. The lowest BCUT2D eigenvalue weighted by Crippen LogP contribution is -2.55. The lowest BCUT2D eigenvalue weighted by atomic mass is 10.2. The zero-order chi connectivity index (χ0) is 15.4. The third-order valence-electron chi connectivity index (χ3n) is 4.03. The molecule has 7 nitrogen and oxygen atoms in total. The summed E-state index contributed by atoms with van der Waals surface area (Å²) in [6, 6.07) is 5.80. The molecule has 22 heavy (non-hydrogen) atoms. The molecule has 0 saturated carbocycles. The van der Waals surface area contributed by atoms with Crippen LogP contribution in [0.5, 0.6) is 0 Å². The van der Waals surface area contributed by atoms with Crippen LogP contribution in [-0.4, -0.2) is 73.3 Å². The highest BCUT2D eigenvalue weighted by atomic mass is 16.5. The summed E-state index contributed by atoms with van der Waals surface area (Å²) in [5.74, 6) is 0.859. The first-order valence-corrected chi connectivity index (χ1v) is 7.50. The summed E-state index contributed by atoms with van der Waals surface area (Å²) >= 11 is 0. The molecule has 2 amide bonds. The molecule has 0 aromatic carbocycles. The molecule has 116 valence electrons. The van der Waals surface area contributed by atoms with Crippen molar-refractivity contribution in [2.45, 2.75) is 0 Å². The van der Waals surface area contributed by atoms with Crippen molar-refractivity contribution in [1.29, 1.82) is 5.26 Å². The van der Waals surface area contributed by atoms with E-state index in [1.807, 2.05) is 15.9 Å². The van der Waals surface area contributed by atoms with Gasteiger partial charge in [0.2, 0.25) is 0 Å². The standard InChI is InChI=1S/C15H19N5O2/c16-11-13-1-2-14(17-12-13)18-3-5-19(6-4-18)15(21)20-7-9-22-10-8-20/h1-2,12H,3-10H2. The molecule has 3 heterocycles. The Balaban J connectivity index is 1.55. The van der Waals surface area contributed by atoms with Gasteiger partial charge in [-0.2, -0.15) is 5.26 Å². The van der Waals surface area contributed by atoms with Gasteiger partial charge in [0.25, 0.3) is 0 Å². The number of hydrogen-bond acceptors (Lipinski definition) is 5. The van der Waals surface area contributed by atoms with Gasteiger partial charge in [-0.15, -0.1) is 0 Å². The molecule has 1 aromatic heterocycles. The Morgan fingerprint density at radius 2 is 1.77 bits per heavy atom. The SMILES string of the molecule is N#Cc1ccc(N2CCN(C(=O)N3CCOCC3)CC2)nc1. The van der Waals surface area contributed by atoms with Crippen molar-refractivity contribution in [3.8, 4) is 6.07 Å². The van der Waals surface area contributed by atoms with Gasteiger partial charge in [0.05, 0.1) is 18.8 Å². The molecule has 0 radical (unpaired) electrons. The van der Waals surface area contributed by atoms with Crippen molar-refractivity contribution < 1.29 is 9.53 Å². The molecule has 1 aromatic rings. The normalized spacial score (nSPS) is 19.0. The van der Waals surface area contributed by atoms with Crippen LogP contribution >= 0.6 is 0 Å². The van der Waals surface area contributed by atoms with Crippen LogP contribution in [0.2, 0.25) is 0 Å². The molecule has 2 saturated heterocycles. The average Bonchev–Trinajstić information content (AvgIpc) is 2.62. The van der Waals surface area contributed by atoms with E-state index in [1.165, 1.54) is 0 Å². The molecule has 0 atom stereocenters. The lowest BCUT2D eigenvalue weighted by Gasteiger charge is -2.38. The van der Waals surface area contributed by atoms with E-state index >= 15 is 0 Å². The highest BCUT2D eigenvalue weighted by Crippen LogP contribution is 2.15. The van der Waals surface area contributed by atoms with E-state index in [-0.39, 0.29) is 6.03 Å². The van der Waals surface area contributed by atoms with E-state index in [0.29, 0.717) is 45.0 Å². The van der Waals surface area contributed by atoms with Crippen LogP contribution in [0.4, 0.5) is 10.6 Å². The minimum atomic E-state index is 0.107. The molecule has 0 aliphatic carbocycles. The Hall–Kier alpha value is -2.33. The van der Waals surface area contributed by atoms with Gasteiger partial charge in [-0.25, -0.2) is 9.78 Å². The second-order valence-corrected chi connectivity index (χ2v) is 5.37. The molecular weight excluding hydrogens is 282 g/mol. The second kappa shape index (κ2) is 6.62. The number of nitriles is 1. The van der Waals surface area contributed by atoms with Gasteiger partial charge in [-0.3, -0.25) is 0 Å². The number of urea groups is 1. The molecule has 2 aliphatic rings. The number of amides is 2. The zero-order valence-electron chi connectivity index (χ0n) is 12.4. The van der Waals surface area contributed by atoms with Crippen molar-refractivity contribution in [3.63, 3.8) is 0 Å². The maximum Gasteiger partial charge on any atom is 0.320 e. The molecule has 0 unspecified atom stereocenters. The van der Waals surface area contributed by atoms with Gasteiger partial charge in [0.15, 0.2) is 0 Å². The van der Waals surface area contributed by atoms with Gasteiger partial charge in [0, 0.05) is 45.5 Å². The van der Waals surface area contributed by atoms with Gasteiger partial charge in [0.1, 0.15) is 11.9 Å². The average molecular weight is 301 g/mol. The second-order valence-electron chi connectivity index (χ2n) is 5.37. The molecule has 0 N–H and O–H groups in total. The Morgan fingerprint density at radius 1 is 1.09 bits per heavy atom. The van der Waals surface area contributed by atoms with E-state index in [0.717, 1.165) is 18.9 Å². The van der Waals surface area contributed by atoms with Crippen LogP contribution in [0.3, 0.4) is 0 Å². The van der Waals surface area contributed by atoms with Crippen molar-refractivity contribution in [2.75, 3.05) is 57.4 Å². The molecule has 3 rings (SSSR count). The number of pyridine rings is 1. The van der Waals surface area contributed by atoms with Crippen molar-refractivity contribution in [2.24, 2.45) is 0 Å². The van der Waals surface area contributed by atoms with Crippen LogP contribution in [0.25, 0.3) is 0 Å². The number of morpholine rings is 1. The fourth-order valence-corrected chi connectivity index (χ4v) is 2.72. The minimum absolute atomic E-state index is 0.107. The van der Waals surface area contributed by atoms with Crippen LogP contribution < -0.4 is 4.90 Å². The van der Waals surface area contributed by atoms with Crippen molar-refractivity contribution in [3.05, 3.63) is 23.9 Å². The Labute approximate surface area is 129 Å². The number of hydrogen-bond donors (Lipinski definition) is 0.